The van der Waals surface area contributed by atoms with Crippen LogP contribution in [0.3, 0.4) is 0 Å². The zero-order chi connectivity index (χ0) is 23.5. The van der Waals surface area contributed by atoms with Gasteiger partial charge >= 0.3 is 0 Å². The second kappa shape index (κ2) is 9.45. The SMILES string of the molecule is C[C@@H]1CN(c2ccc(C#N)c3ncccc23)C[C@H](C(=O)N[C@H](C)[C@H](O)c2ccc(O)cc2)O1. The first-order valence-electron chi connectivity index (χ1n) is 10.8. The first-order valence-corrected chi connectivity index (χ1v) is 10.8. The molecule has 3 aromatic rings. The lowest BCUT2D eigenvalue weighted by molar-refractivity contribution is -0.138. The molecule has 0 unspecified atom stereocenters. The molecule has 2 aromatic carbocycles. The summed E-state index contributed by atoms with van der Waals surface area (Å²) in [6.45, 7) is 4.55. The van der Waals surface area contributed by atoms with Crippen molar-refractivity contribution in [1.82, 2.24) is 10.3 Å². The maximum Gasteiger partial charge on any atom is 0.251 e. The van der Waals surface area contributed by atoms with E-state index in [1.54, 1.807) is 31.3 Å². The monoisotopic (exact) mass is 446 g/mol. The number of aliphatic hydroxyl groups is 1. The highest BCUT2D eigenvalue weighted by atomic mass is 16.5. The van der Waals surface area contributed by atoms with Crippen molar-refractivity contribution in [3.63, 3.8) is 0 Å². The van der Waals surface area contributed by atoms with Crippen molar-refractivity contribution >= 4 is 22.5 Å². The summed E-state index contributed by atoms with van der Waals surface area (Å²) in [5, 5.41) is 33.1. The summed E-state index contributed by atoms with van der Waals surface area (Å²) in [5.41, 5.74) is 2.62. The summed E-state index contributed by atoms with van der Waals surface area (Å²) < 4.78 is 5.92. The zero-order valence-electron chi connectivity index (χ0n) is 18.5. The molecule has 33 heavy (non-hydrogen) atoms. The van der Waals surface area contributed by atoms with Gasteiger partial charge in [-0.15, -0.1) is 0 Å². The lowest BCUT2D eigenvalue weighted by Gasteiger charge is -2.38. The fourth-order valence-corrected chi connectivity index (χ4v) is 4.17. The number of fused-ring (bicyclic) bond motifs is 1. The van der Waals surface area contributed by atoms with Crippen LogP contribution in [0, 0.1) is 11.3 Å². The van der Waals surface area contributed by atoms with Crippen molar-refractivity contribution in [2.24, 2.45) is 0 Å². The minimum absolute atomic E-state index is 0.109. The number of pyridine rings is 1. The van der Waals surface area contributed by atoms with Crippen LogP contribution in [0.2, 0.25) is 0 Å². The minimum Gasteiger partial charge on any atom is -0.508 e. The fourth-order valence-electron chi connectivity index (χ4n) is 4.17. The smallest absolute Gasteiger partial charge is 0.251 e. The number of amides is 1. The zero-order valence-corrected chi connectivity index (χ0v) is 18.5. The summed E-state index contributed by atoms with van der Waals surface area (Å²) in [7, 11) is 0. The number of morpholine rings is 1. The van der Waals surface area contributed by atoms with Gasteiger partial charge in [-0.2, -0.15) is 5.26 Å². The van der Waals surface area contributed by atoms with Gasteiger partial charge in [0, 0.05) is 23.8 Å². The van der Waals surface area contributed by atoms with Crippen LogP contribution < -0.4 is 10.2 Å². The van der Waals surface area contributed by atoms with Gasteiger partial charge in [-0.1, -0.05) is 12.1 Å². The molecule has 4 rings (SSSR count). The molecule has 8 nitrogen and oxygen atoms in total. The number of ether oxygens (including phenoxy) is 1. The van der Waals surface area contributed by atoms with Crippen LogP contribution in [-0.2, 0) is 9.53 Å². The van der Waals surface area contributed by atoms with Crippen LogP contribution in [-0.4, -0.2) is 52.4 Å². The Morgan fingerprint density at radius 3 is 2.73 bits per heavy atom. The second-order valence-corrected chi connectivity index (χ2v) is 8.32. The number of nitriles is 1. The third-order valence-corrected chi connectivity index (χ3v) is 5.84. The summed E-state index contributed by atoms with van der Waals surface area (Å²) >= 11 is 0. The Morgan fingerprint density at radius 1 is 1.24 bits per heavy atom. The number of hydrogen-bond acceptors (Lipinski definition) is 7. The molecule has 1 aromatic heterocycles. The van der Waals surface area contributed by atoms with E-state index in [1.807, 2.05) is 25.1 Å². The van der Waals surface area contributed by atoms with Crippen molar-refractivity contribution in [3.05, 3.63) is 65.9 Å². The lowest BCUT2D eigenvalue weighted by atomic mass is 10.0. The average Bonchev–Trinajstić information content (AvgIpc) is 2.82. The topological polar surface area (TPSA) is 119 Å². The molecule has 1 saturated heterocycles. The number of nitrogens with zero attached hydrogens (tertiary/aromatic N) is 3. The number of nitrogens with one attached hydrogen (secondary N) is 1. The Morgan fingerprint density at radius 2 is 2.00 bits per heavy atom. The summed E-state index contributed by atoms with van der Waals surface area (Å²) in [5.74, 6) is -0.203. The number of aromatic nitrogens is 1. The van der Waals surface area contributed by atoms with Crippen LogP contribution in [0.25, 0.3) is 10.9 Å². The van der Waals surface area contributed by atoms with Gasteiger partial charge in [0.2, 0.25) is 0 Å². The molecule has 170 valence electrons. The van der Waals surface area contributed by atoms with E-state index < -0.39 is 18.2 Å². The molecule has 4 atom stereocenters. The van der Waals surface area contributed by atoms with Crippen LogP contribution in [0.15, 0.2) is 54.7 Å². The van der Waals surface area contributed by atoms with E-state index in [1.165, 1.54) is 12.1 Å². The molecule has 0 bridgehead atoms. The van der Waals surface area contributed by atoms with Gasteiger partial charge in [-0.05, 0) is 55.8 Å². The van der Waals surface area contributed by atoms with Crippen molar-refractivity contribution in [1.29, 1.82) is 5.26 Å². The highest BCUT2D eigenvalue weighted by molar-refractivity contribution is 5.95. The minimum atomic E-state index is -0.930. The number of phenolic OH excluding ortho intramolecular Hbond substituents is 1. The van der Waals surface area contributed by atoms with E-state index in [4.69, 9.17) is 4.74 Å². The Bertz CT molecular complexity index is 1190. The maximum absolute atomic E-state index is 13.0. The van der Waals surface area contributed by atoms with E-state index >= 15 is 0 Å². The van der Waals surface area contributed by atoms with Gasteiger partial charge in [0.15, 0.2) is 6.10 Å². The molecule has 2 heterocycles. The Labute approximate surface area is 192 Å². The second-order valence-electron chi connectivity index (χ2n) is 8.32. The highest BCUT2D eigenvalue weighted by Crippen LogP contribution is 2.30. The first-order chi connectivity index (χ1) is 15.9. The maximum atomic E-state index is 13.0. The molecular weight excluding hydrogens is 420 g/mol. The van der Waals surface area contributed by atoms with Gasteiger partial charge in [0.05, 0.1) is 35.9 Å². The number of phenols is 1. The van der Waals surface area contributed by atoms with Gasteiger partial charge in [0.1, 0.15) is 11.8 Å². The highest BCUT2D eigenvalue weighted by Gasteiger charge is 2.33. The van der Waals surface area contributed by atoms with Crippen LogP contribution in [0.5, 0.6) is 5.75 Å². The molecule has 0 spiro atoms. The number of carbonyl (C=O) groups excluding carboxylic acids is 1. The number of rotatable bonds is 5. The summed E-state index contributed by atoms with van der Waals surface area (Å²) in [6, 6.07) is 15.2. The van der Waals surface area contributed by atoms with Crippen LogP contribution in [0.1, 0.15) is 31.1 Å². The third-order valence-electron chi connectivity index (χ3n) is 5.84. The predicted octanol–water partition coefficient (Wildman–Crippen LogP) is 2.64. The predicted molar refractivity (Wildman–Crippen MR) is 124 cm³/mol. The van der Waals surface area contributed by atoms with Gasteiger partial charge < -0.3 is 25.2 Å². The molecule has 1 amide bonds. The summed E-state index contributed by atoms with van der Waals surface area (Å²) in [6.07, 6.45) is -0.202. The number of benzene rings is 2. The quantitative estimate of drug-likeness (QED) is 0.551. The number of hydrogen-bond donors (Lipinski definition) is 3. The van der Waals surface area contributed by atoms with Gasteiger partial charge in [0.25, 0.3) is 5.91 Å². The van der Waals surface area contributed by atoms with Crippen molar-refractivity contribution in [2.45, 2.75) is 38.2 Å². The molecule has 0 aliphatic carbocycles. The number of carbonyl (C=O) groups is 1. The van der Waals surface area contributed by atoms with Gasteiger partial charge in [-0.25, -0.2) is 0 Å². The van der Waals surface area contributed by atoms with Crippen LogP contribution >= 0.6 is 0 Å². The van der Waals surface area contributed by atoms with E-state index in [9.17, 15) is 20.3 Å². The van der Waals surface area contributed by atoms with Crippen molar-refractivity contribution in [2.75, 3.05) is 18.0 Å². The van der Waals surface area contributed by atoms with Gasteiger partial charge in [-0.3, -0.25) is 9.78 Å². The Balaban J connectivity index is 1.51. The number of aliphatic hydroxyl groups excluding tert-OH is 1. The Hall–Kier alpha value is -3.67. The number of aromatic hydroxyl groups is 1. The van der Waals surface area contributed by atoms with Crippen molar-refractivity contribution in [3.8, 4) is 11.8 Å². The molecule has 1 aliphatic heterocycles. The number of anilines is 1. The molecule has 1 fully saturated rings. The standard InChI is InChI=1S/C25H26N4O4/c1-15-13-29(21-10-7-18(12-26)23-20(21)4-3-11-27-23)14-22(33-15)25(32)28-16(2)24(31)17-5-8-19(30)9-6-17/h3-11,15-16,22,24,30-31H,13-14H2,1-2H3,(H,28,32)/t15-,16-,22-,24+/m1/s1. The first kappa shape index (κ1) is 22.5. The molecular formula is C25H26N4O4. The fraction of sp³-hybridized carbons (Fsp3) is 0.320. The summed E-state index contributed by atoms with van der Waals surface area (Å²) in [4.78, 5) is 19.5. The van der Waals surface area contributed by atoms with E-state index in [2.05, 4.69) is 21.3 Å². The largest absolute Gasteiger partial charge is 0.508 e. The van der Waals surface area contributed by atoms with Crippen LogP contribution in [0.4, 0.5) is 5.69 Å². The molecule has 3 N–H and O–H groups in total. The third kappa shape index (κ3) is 4.75. The molecule has 0 radical (unpaired) electrons. The van der Waals surface area contributed by atoms with E-state index in [0.717, 1.165) is 11.1 Å². The normalized spacial score (nSPS) is 20.1. The molecule has 8 heteroatoms. The lowest BCUT2D eigenvalue weighted by Crippen LogP contribution is -2.54. The Kier molecular flexibility index (Phi) is 6.45. The molecule has 1 aliphatic rings. The van der Waals surface area contributed by atoms with E-state index in [0.29, 0.717) is 29.7 Å². The average molecular weight is 447 g/mol. The van der Waals surface area contributed by atoms with Crippen molar-refractivity contribution < 1.29 is 19.7 Å². The molecule has 0 saturated carbocycles. The van der Waals surface area contributed by atoms with E-state index in [-0.39, 0.29) is 17.8 Å².